The fraction of sp³-hybridized carbons (Fsp3) is 0.455. The largest absolute Gasteiger partial charge is 0.506 e. The minimum atomic E-state index is 0.114. The van der Waals surface area contributed by atoms with Crippen molar-refractivity contribution in [3.05, 3.63) is 27.8 Å². The Kier molecular flexibility index (Phi) is 3.14. The predicted molar refractivity (Wildman–Crippen MR) is 58.7 cm³/mol. The van der Waals surface area contributed by atoms with Crippen LogP contribution in [-0.2, 0) is 24.3 Å². The van der Waals surface area contributed by atoms with Crippen LogP contribution in [0.4, 0.5) is 0 Å². The number of rotatable bonds is 2. The molecule has 0 aliphatic heterocycles. The van der Waals surface area contributed by atoms with E-state index in [4.69, 9.17) is 17.5 Å². The Morgan fingerprint density at radius 2 is 2.13 bits per heavy atom. The molecule has 3 N–H and O–H groups in total. The van der Waals surface area contributed by atoms with E-state index < -0.39 is 0 Å². The second kappa shape index (κ2) is 4.39. The molecule has 0 spiro atoms. The quantitative estimate of drug-likeness (QED) is 0.763. The molecule has 0 bridgehead atoms. The van der Waals surface area contributed by atoms with Crippen molar-refractivity contribution in [3.8, 4) is 5.75 Å². The smallest absolute Gasteiger partial charge is 0.140 e. The highest BCUT2D eigenvalue weighted by Gasteiger charge is 2.19. The van der Waals surface area contributed by atoms with Crippen LogP contribution in [0.5, 0.6) is 5.75 Å². The molecule has 4 heteroatoms. The molecule has 0 atom stereocenters. The van der Waals surface area contributed by atoms with E-state index in [2.05, 4.69) is 4.84 Å². The third kappa shape index (κ3) is 1.95. The van der Waals surface area contributed by atoms with Crippen molar-refractivity contribution in [2.24, 2.45) is 5.90 Å². The van der Waals surface area contributed by atoms with Crippen LogP contribution in [0, 0.1) is 0 Å². The molecule has 0 unspecified atom stereocenters. The lowest BCUT2D eigenvalue weighted by atomic mass is 9.88. The molecular formula is C11H14ClNO2. The van der Waals surface area contributed by atoms with Crippen molar-refractivity contribution in [2.75, 3.05) is 0 Å². The van der Waals surface area contributed by atoms with E-state index in [1.165, 1.54) is 12.0 Å². The molecule has 1 aliphatic carbocycles. The predicted octanol–water partition coefficient (Wildman–Crippen LogP) is 2.31. The minimum Gasteiger partial charge on any atom is -0.506 e. The molecule has 0 amide bonds. The molecule has 82 valence electrons. The summed E-state index contributed by atoms with van der Waals surface area (Å²) in [5.41, 5.74) is 3.13. The summed E-state index contributed by atoms with van der Waals surface area (Å²) < 4.78 is 0. The van der Waals surface area contributed by atoms with Crippen LogP contribution in [0.3, 0.4) is 0 Å². The van der Waals surface area contributed by atoms with Gasteiger partial charge in [0.25, 0.3) is 0 Å². The lowest BCUT2D eigenvalue weighted by Gasteiger charge is -2.20. The Morgan fingerprint density at radius 1 is 1.40 bits per heavy atom. The number of aryl methyl sites for hydroxylation is 1. The number of aromatic hydroxyl groups is 1. The molecule has 0 aromatic heterocycles. The molecule has 2 rings (SSSR count). The van der Waals surface area contributed by atoms with Gasteiger partial charge in [-0.05, 0) is 42.9 Å². The van der Waals surface area contributed by atoms with Crippen molar-refractivity contribution in [2.45, 2.75) is 32.3 Å². The van der Waals surface area contributed by atoms with Crippen LogP contribution in [0.15, 0.2) is 6.07 Å². The number of halogens is 1. The third-order valence-corrected chi connectivity index (χ3v) is 3.20. The van der Waals surface area contributed by atoms with Crippen molar-refractivity contribution >= 4 is 11.6 Å². The number of hydrogen-bond acceptors (Lipinski definition) is 3. The molecule has 1 aromatic rings. The number of phenolic OH excluding ortho intramolecular Hbond substituents is 1. The third-order valence-electron chi connectivity index (χ3n) is 2.92. The summed E-state index contributed by atoms with van der Waals surface area (Å²) >= 11 is 5.94. The number of nitrogens with two attached hydrogens (primary N) is 1. The Morgan fingerprint density at radius 3 is 2.87 bits per heavy atom. The highest BCUT2D eigenvalue weighted by atomic mass is 35.5. The van der Waals surface area contributed by atoms with Gasteiger partial charge in [0, 0.05) is 5.56 Å². The van der Waals surface area contributed by atoms with Gasteiger partial charge in [0.05, 0.1) is 11.6 Å². The Balaban J connectivity index is 2.52. The molecule has 15 heavy (non-hydrogen) atoms. The van der Waals surface area contributed by atoms with Crippen LogP contribution >= 0.6 is 11.6 Å². The Labute approximate surface area is 93.8 Å². The van der Waals surface area contributed by atoms with Crippen LogP contribution in [0.1, 0.15) is 29.5 Å². The van der Waals surface area contributed by atoms with E-state index in [-0.39, 0.29) is 12.4 Å². The monoisotopic (exact) mass is 227 g/mol. The van der Waals surface area contributed by atoms with E-state index in [1.807, 2.05) is 6.07 Å². The van der Waals surface area contributed by atoms with Gasteiger partial charge in [-0.1, -0.05) is 11.6 Å². The zero-order valence-electron chi connectivity index (χ0n) is 8.42. The Bertz CT molecular complexity index is 379. The molecule has 0 radical (unpaired) electrons. The second-order valence-corrected chi connectivity index (χ2v) is 4.25. The first kappa shape index (κ1) is 10.7. The van der Waals surface area contributed by atoms with Crippen molar-refractivity contribution in [1.82, 2.24) is 0 Å². The molecule has 1 aromatic carbocycles. The summed E-state index contributed by atoms with van der Waals surface area (Å²) in [4.78, 5) is 4.61. The van der Waals surface area contributed by atoms with E-state index in [0.29, 0.717) is 5.02 Å². The maximum Gasteiger partial charge on any atom is 0.140 e. The number of fused-ring (bicyclic) bond motifs is 1. The highest BCUT2D eigenvalue weighted by Crippen LogP contribution is 2.36. The maximum absolute atomic E-state index is 9.82. The fourth-order valence-corrected chi connectivity index (χ4v) is 2.43. The van der Waals surface area contributed by atoms with Crippen LogP contribution in [0.2, 0.25) is 5.02 Å². The van der Waals surface area contributed by atoms with Gasteiger partial charge in [-0.3, -0.25) is 4.84 Å². The van der Waals surface area contributed by atoms with Gasteiger partial charge in [0.15, 0.2) is 0 Å². The number of hydrogen-bond donors (Lipinski definition) is 2. The molecule has 1 aliphatic rings. The molecule has 0 saturated heterocycles. The van der Waals surface area contributed by atoms with Crippen LogP contribution < -0.4 is 5.90 Å². The first-order chi connectivity index (χ1) is 7.24. The molecule has 0 saturated carbocycles. The number of phenols is 1. The first-order valence-corrected chi connectivity index (χ1v) is 5.45. The average molecular weight is 228 g/mol. The maximum atomic E-state index is 9.82. The van der Waals surface area contributed by atoms with E-state index in [1.54, 1.807) is 0 Å². The minimum absolute atomic E-state index is 0.114. The van der Waals surface area contributed by atoms with Gasteiger partial charge in [-0.2, -0.15) is 0 Å². The first-order valence-electron chi connectivity index (χ1n) is 5.07. The summed E-state index contributed by atoms with van der Waals surface area (Å²) in [6, 6.07) is 1.85. The molecule has 0 fully saturated rings. The zero-order chi connectivity index (χ0) is 10.8. The van der Waals surface area contributed by atoms with Gasteiger partial charge >= 0.3 is 0 Å². The topological polar surface area (TPSA) is 55.5 Å². The summed E-state index contributed by atoms with van der Waals surface area (Å²) in [5.74, 6) is 5.17. The van der Waals surface area contributed by atoms with Gasteiger partial charge in [0.2, 0.25) is 0 Å². The SMILES string of the molecule is NOCc1c(O)c(Cl)cc2c1CCCC2. The van der Waals surface area contributed by atoms with Gasteiger partial charge in [-0.15, -0.1) is 0 Å². The van der Waals surface area contributed by atoms with Crippen molar-refractivity contribution in [1.29, 1.82) is 0 Å². The van der Waals surface area contributed by atoms with Gasteiger partial charge in [-0.25, -0.2) is 5.90 Å². The second-order valence-electron chi connectivity index (χ2n) is 3.84. The fourth-order valence-electron chi connectivity index (χ4n) is 2.18. The highest BCUT2D eigenvalue weighted by molar-refractivity contribution is 6.32. The van der Waals surface area contributed by atoms with E-state index in [9.17, 15) is 5.11 Å². The van der Waals surface area contributed by atoms with Gasteiger partial charge in [0.1, 0.15) is 5.75 Å². The molecular weight excluding hydrogens is 214 g/mol. The zero-order valence-corrected chi connectivity index (χ0v) is 9.18. The van der Waals surface area contributed by atoms with Crippen LogP contribution in [-0.4, -0.2) is 5.11 Å². The normalized spacial score (nSPS) is 15.1. The van der Waals surface area contributed by atoms with Crippen molar-refractivity contribution in [3.63, 3.8) is 0 Å². The van der Waals surface area contributed by atoms with E-state index in [0.717, 1.165) is 30.4 Å². The number of benzene rings is 1. The summed E-state index contributed by atoms with van der Waals surface area (Å²) in [6.07, 6.45) is 4.31. The molecule has 0 heterocycles. The summed E-state index contributed by atoms with van der Waals surface area (Å²) in [7, 11) is 0. The van der Waals surface area contributed by atoms with Crippen LogP contribution in [0.25, 0.3) is 0 Å². The average Bonchev–Trinajstić information content (AvgIpc) is 2.25. The van der Waals surface area contributed by atoms with Crippen molar-refractivity contribution < 1.29 is 9.94 Å². The lowest BCUT2D eigenvalue weighted by molar-refractivity contribution is 0.121. The Hall–Kier alpha value is -0.770. The summed E-state index contributed by atoms with van der Waals surface area (Å²) in [5, 5.41) is 10.2. The molecule has 3 nitrogen and oxygen atoms in total. The van der Waals surface area contributed by atoms with Gasteiger partial charge < -0.3 is 5.11 Å². The van der Waals surface area contributed by atoms with E-state index >= 15 is 0 Å². The summed E-state index contributed by atoms with van der Waals surface area (Å²) in [6.45, 7) is 0.217. The standard InChI is InChI=1S/C11H14ClNO2/c12-10-5-7-3-1-2-4-8(7)9(6-15-13)11(10)14/h5,14H,1-4,6,13H2. The lowest BCUT2D eigenvalue weighted by Crippen LogP contribution is -2.09.